The maximum absolute atomic E-state index is 5.68. The third-order valence-electron chi connectivity index (χ3n) is 7.46. The van der Waals surface area contributed by atoms with Gasteiger partial charge in [0.15, 0.2) is 0 Å². The molecule has 0 aliphatic carbocycles. The molecule has 2 aromatic carbocycles. The second-order valence-corrected chi connectivity index (χ2v) is 17.8. The summed E-state index contributed by atoms with van der Waals surface area (Å²) in [6.07, 6.45) is 3.67. The van der Waals surface area contributed by atoms with Gasteiger partial charge in [0.25, 0.3) is 0 Å². The predicted molar refractivity (Wildman–Crippen MR) is 179 cm³/mol. The zero-order chi connectivity index (χ0) is 30.1. The third-order valence-corrected chi connectivity index (χ3v) is 9.79. The molecular weight excluding hydrogens is 634 g/mol. The van der Waals surface area contributed by atoms with E-state index in [0.29, 0.717) is 23.7 Å². The molecule has 1 aromatic heterocycles. The molecule has 41 heavy (non-hydrogen) atoms. The van der Waals surface area contributed by atoms with E-state index in [1.807, 2.05) is 22.8 Å². The minimum atomic E-state index is -1.56. The monoisotopic (exact) mass is 682 g/mol. The van der Waals surface area contributed by atoms with Crippen molar-refractivity contribution in [3.63, 3.8) is 0 Å². The summed E-state index contributed by atoms with van der Waals surface area (Å²) in [6.45, 7) is 22.9. The van der Waals surface area contributed by atoms with Gasteiger partial charge in [-0.15, -0.1) is 0 Å². The molecule has 4 rings (SSSR count). The van der Waals surface area contributed by atoms with Crippen molar-refractivity contribution in [2.24, 2.45) is 0 Å². The van der Waals surface area contributed by atoms with Gasteiger partial charge in [-0.2, -0.15) is 6.67 Å². The molecule has 1 aliphatic rings. The number of hydrogen-bond donors (Lipinski definition) is 0. The quantitative estimate of drug-likeness (QED) is 0.165. The summed E-state index contributed by atoms with van der Waals surface area (Å²) >= 11 is -1.56. The van der Waals surface area contributed by atoms with Crippen LogP contribution in [0.25, 0.3) is 0 Å². The second-order valence-electron chi connectivity index (χ2n) is 11.9. The molecule has 3 aromatic rings. The Morgan fingerprint density at radius 3 is 1.49 bits per heavy atom. The van der Waals surface area contributed by atoms with Gasteiger partial charge < -0.3 is 9.80 Å². The first-order chi connectivity index (χ1) is 19.5. The van der Waals surface area contributed by atoms with Gasteiger partial charge in [-0.25, -0.2) is 0 Å². The molecule has 0 amide bonds. The van der Waals surface area contributed by atoms with Gasteiger partial charge >= 0.3 is 85.4 Å². The molecule has 6 heteroatoms. The van der Waals surface area contributed by atoms with Crippen molar-refractivity contribution in [3.05, 3.63) is 95.4 Å². The van der Waals surface area contributed by atoms with Crippen LogP contribution < -0.4 is 9.80 Å². The molecular formula is C35H48Cl2N3Ru-. The van der Waals surface area contributed by atoms with Crippen molar-refractivity contribution >= 4 is 35.4 Å². The number of pyridine rings is 1. The van der Waals surface area contributed by atoms with Gasteiger partial charge in [0.2, 0.25) is 0 Å². The average molecular weight is 683 g/mol. The van der Waals surface area contributed by atoms with Gasteiger partial charge in [-0.1, -0.05) is 91.8 Å². The first kappa shape index (κ1) is 33.8. The molecule has 1 aliphatic heterocycles. The molecule has 0 bridgehead atoms. The van der Waals surface area contributed by atoms with Crippen molar-refractivity contribution in [2.45, 2.75) is 91.9 Å². The Hall–Kier alpha value is -1.74. The number of aryl methyl sites for hydroxylation is 1. The van der Waals surface area contributed by atoms with Crippen molar-refractivity contribution in [1.82, 2.24) is 4.98 Å². The van der Waals surface area contributed by atoms with Crippen LogP contribution in [0.3, 0.4) is 0 Å². The Labute approximate surface area is 262 Å². The topological polar surface area (TPSA) is 19.4 Å². The van der Waals surface area contributed by atoms with E-state index in [9.17, 15) is 0 Å². The molecule has 3 nitrogen and oxygen atoms in total. The zero-order valence-corrected chi connectivity index (χ0v) is 29.3. The number of benzene rings is 2. The van der Waals surface area contributed by atoms with E-state index in [2.05, 4.69) is 113 Å². The fourth-order valence-electron chi connectivity index (χ4n) is 5.35. The summed E-state index contributed by atoms with van der Waals surface area (Å²) in [5.74, 6) is 2.06. The number of para-hydroxylation sites is 2. The number of aromatic nitrogens is 1. The molecule has 0 saturated carbocycles. The van der Waals surface area contributed by atoms with Crippen LogP contribution in [0, 0.1) is 6.67 Å². The zero-order valence-electron chi connectivity index (χ0n) is 26.0. The molecule has 226 valence electrons. The first-order valence-corrected chi connectivity index (χ1v) is 20.3. The molecule has 0 radical (unpaired) electrons. The molecule has 0 N–H and O–H groups in total. The summed E-state index contributed by atoms with van der Waals surface area (Å²) in [5, 5.41) is 0. The van der Waals surface area contributed by atoms with Crippen molar-refractivity contribution in [3.8, 4) is 0 Å². The van der Waals surface area contributed by atoms with Crippen molar-refractivity contribution in [2.75, 3.05) is 22.9 Å². The van der Waals surface area contributed by atoms with Gasteiger partial charge in [-0.3, -0.25) is 0 Å². The van der Waals surface area contributed by atoms with Crippen LogP contribution in [-0.4, -0.2) is 22.7 Å². The molecule has 2 heterocycles. The van der Waals surface area contributed by atoms with E-state index in [-0.39, 0.29) is 0 Å². The Morgan fingerprint density at radius 2 is 1.15 bits per heavy atom. The van der Waals surface area contributed by atoms with E-state index in [1.165, 1.54) is 33.6 Å². The number of rotatable bonds is 9. The minimum absolute atomic E-state index is 0.514. The van der Waals surface area contributed by atoms with Gasteiger partial charge in [0.05, 0.1) is 0 Å². The fraction of sp³-hybridized carbons (Fsp3) is 0.457. The van der Waals surface area contributed by atoms with Crippen LogP contribution in [0.4, 0.5) is 11.4 Å². The Bertz CT molecular complexity index is 1150. The van der Waals surface area contributed by atoms with E-state index >= 15 is 0 Å². The number of anilines is 2. The summed E-state index contributed by atoms with van der Waals surface area (Å²) in [4.78, 5) is 9.20. The van der Waals surface area contributed by atoms with Crippen LogP contribution in [0.2, 0.25) is 0 Å². The summed E-state index contributed by atoms with van der Waals surface area (Å²) in [7, 11) is 11.4. The van der Waals surface area contributed by atoms with E-state index in [0.717, 1.165) is 31.6 Å². The standard InChI is InChI=1S/C27H39N2.C8H9N.2ClH.Ru/c1-18(2)22-11-9-12-23(19(3)4)26(22)28-15-16-29(17-28)27-24(20(5)6)13-10-14-25(27)21(7)8;1-2-5-8-6-3-4-7-9-8;;;/h9-14,17-21H,15-16H2,1-8H3;1,3-4,6-7H,2,5H2;2*1H;/q-1;;;;+2/p-2. The molecule has 0 atom stereocenters. The molecule has 1 fully saturated rings. The Morgan fingerprint density at radius 1 is 0.707 bits per heavy atom. The van der Waals surface area contributed by atoms with E-state index in [1.54, 1.807) is 6.20 Å². The number of halogens is 2. The Kier molecular flexibility index (Phi) is 13.3. The number of hydrogen-bond acceptors (Lipinski definition) is 3. The number of nitrogens with zero attached hydrogens (tertiary/aromatic N) is 3. The Balaban J connectivity index is 0.000000322. The predicted octanol–water partition coefficient (Wildman–Crippen LogP) is 10.4. The summed E-state index contributed by atoms with van der Waals surface area (Å²) in [5.41, 5.74) is 9.76. The van der Waals surface area contributed by atoms with Crippen LogP contribution in [-0.2, 0) is 19.9 Å². The van der Waals surface area contributed by atoms with E-state index in [4.69, 9.17) is 19.4 Å². The third kappa shape index (κ3) is 9.37. The van der Waals surface area contributed by atoms with Crippen molar-refractivity contribution < 1.29 is 13.5 Å². The van der Waals surface area contributed by atoms with Crippen molar-refractivity contribution in [1.29, 1.82) is 0 Å². The first-order valence-electron chi connectivity index (χ1n) is 14.9. The van der Waals surface area contributed by atoms with Crippen LogP contribution in [0.1, 0.15) is 113 Å². The van der Waals surface area contributed by atoms with Crippen LogP contribution in [0.5, 0.6) is 0 Å². The molecule has 1 saturated heterocycles. The van der Waals surface area contributed by atoms with E-state index < -0.39 is 13.5 Å². The molecule has 0 unspecified atom stereocenters. The van der Waals surface area contributed by atoms with Gasteiger partial charge in [-0.05, 0) is 45.9 Å². The normalized spacial score (nSPS) is 13.8. The van der Waals surface area contributed by atoms with Crippen LogP contribution in [0.15, 0.2) is 60.8 Å². The molecule has 0 spiro atoms. The van der Waals surface area contributed by atoms with Crippen LogP contribution >= 0.6 is 19.4 Å². The van der Waals surface area contributed by atoms with Gasteiger partial charge in [0.1, 0.15) is 0 Å². The SMILES string of the molecule is CC(C)c1cccc(C(C)C)c1N1[CH-]N(c2c(C(C)C)cccc2C(C)C)CC1.[Cl][Ru]([Cl])=[CH]CCc1ccccn1. The summed E-state index contributed by atoms with van der Waals surface area (Å²) < 4.78 is 2.00. The summed E-state index contributed by atoms with van der Waals surface area (Å²) in [6, 6.07) is 19.6. The average Bonchev–Trinajstić information content (AvgIpc) is 3.42. The fourth-order valence-corrected chi connectivity index (χ4v) is 6.89. The second kappa shape index (κ2) is 16.2. The van der Waals surface area contributed by atoms with Gasteiger partial charge in [0, 0.05) is 24.5 Å². The maximum atomic E-state index is 5.68.